The van der Waals surface area contributed by atoms with Crippen molar-refractivity contribution in [2.75, 3.05) is 7.11 Å². The minimum atomic E-state index is -0.316. The first-order chi connectivity index (χ1) is 9.69. The van der Waals surface area contributed by atoms with Crippen LogP contribution in [0.2, 0.25) is 5.02 Å². The molecule has 0 N–H and O–H groups in total. The third kappa shape index (κ3) is 3.97. The molecule has 0 bridgehead atoms. The van der Waals surface area contributed by atoms with Gasteiger partial charge in [0.05, 0.1) is 7.11 Å². The lowest BCUT2D eigenvalue weighted by Crippen LogP contribution is -2.07. The number of esters is 1. The average Bonchev–Trinajstić information content (AvgIpc) is 2.49. The van der Waals surface area contributed by atoms with Crippen LogP contribution >= 0.6 is 11.6 Å². The summed E-state index contributed by atoms with van der Waals surface area (Å²) in [6.45, 7) is 0. The number of halogens is 1. The topological polar surface area (TPSA) is 26.3 Å². The molecule has 0 saturated carbocycles. The molecule has 2 aromatic carbocycles. The van der Waals surface area contributed by atoms with E-state index >= 15 is 0 Å². The highest BCUT2D eigenvalue weighted by Crippen LogP contribution is 2.16. The predicted molar refractivity (Wildman–Crippen MR) is 81.6 cm³/mol. The highest BCUT2D eigenvalue weighted by Gasteiger charge is 2.10. The van der Waals surface area contributed by atoms with Crippen molar-refractivity contribution in [3.8, 4) is 0 Å². The molecule has 0 atom stereocenters. The van der Waals surface area contributed by atoms with Crippen LogP contribution in [0.5, 0.6) is 0 Å². The maximum atomic E-state index is 11.9. The Morgan fingerprint density at radius 2 is 1.75 bits per heavy atom. The number of hydrogen-bond donors (Lipinski definition) is 0. The minimum absolute atomic E-state index is 0.316. The van der Waals surface area contributed by atoms with Gasteiger partial charge in [0.15, 0.2) is 0 Å². The first-order valence-electron chi connectivity index (χ1n) is 6.27. The Morgan fingerprint density at radius 1 is 1.10 bits per heavy atom. The summed E-state index contributed by atoms with van der Waals surface area (Å²) < 4.78 is 4.85. The van der Waals surface area contributed by atoms with Gasteiger partial charge in [0.1, 0.15) is 0 Å². The summed E-state index contributed by atoms with van der Waals surface area (Å²) in [5, 5.41) is 0.671. The van der Waals surface area contributed by atoms with Gasteiger partial charge in [0.2, 0.25) is 0 Å². The second kappa shape index (κ2) is 6.92. The van der Waals surface area contributed by atoms with Crippen LogP contribution in [0.25, 0.3) is 6.08 Å². The fourth-order valence-electron chi connectivity index (χ4n) is 1.89. The summed E-state index contributed by atoms with van der Waals surface area (Å²) in [7, 11) is 1.39. The number of ether oxygens (including phenoxy) is 1. The molecule has 0 aliphatic rings. The van der Waals surface area contributed by atoms with E-state index in [2.05, 4.69) is 0 Å². The smallest absolute Gasteiger partial charge is 0.334 e. The third-order valence-corrected chi connectivity index (χ3v) is 3.15. The number of carbonyl (C=O) groups excluding carboxylic acids is 1. The molecule has 0 heterocycles. The Hall–Kier alpha value is -2.06. The Balaban J connectivity index is 2.28. The molecule has 0 unspecified atom stereocenters. The molecular weight excluding hydrogens is 272 g/mol. The van der Waals surface area contributed by atoms with Crippen LogP contribution in [-0.2, 0) is 16.0 Å². The summed E-state index contributed by atoms with van der Waals surface area (Å²) in [5.41, 5.74) is 2.60. The number of rotatable bonds is 4. The maximum absolute atomic E-state index is 11.9. The Kier molecular flexibility index (Phi) is 4.97. The molecule has 2 nitrogen and oxygen atoms in total. The van der Waals surface area contributed by atoms with Gasteiger partial charge in [-0.05, 0) is 29.3 Å². The van der Waals surface area contributed by atoms with E-state index in [1.54, 1.807) is 12.1 Å². The molecule has 0 spiro atoms. The zero-order chi connectivity index (χ0) is 14.4. The van der Waals surface area contributed by atoms with Gasteiger partial charge in [-0.2, -0.15) is 0 Å². The van der Waals surface area contributed by atoms with Gasteiger partial charge in [-0.15, -0.1) is 0 Å². The average molecular weight is 287 g/mol. The largest absolute Gasteiger partial charge is 0.466 e. The molecule has 0 fully saturated rings. The lowest BCUT2D eigenvalue weighted by molar-refractivity contribution is -0.136. The first kappa shape index (κ1) is 14.4. The van der Waals surface area contributed by atoms with Crippen molar-refractivity contribution < 1.29 is 9.53 Å². The monoisotopic (exact) mass is 286 g/mol. The van der Waals surface area contributed by atoms with Crippen LogP contribution in [0.1, 0.15) is 11.1 Å². The van der Waals surface area contributed by atoms with Crippen molar-refractivity contribution in [3.05, 3.63) is 76.3 Å². The van der Waals surface area contributed by atoms with Crippen molar-refractivity contribution >= 4 is 23.6 Å². The van der Waals surface area contributed by atoms with Gasteiger partial charge in [0, 0.05) is 17.0 Å². The van der Waals surface area contributed by atoms with Crippen LogP contribution in [0, 0.1) is 0 Å². The molecule has 2 aromatic rings. The summed E-state index contributed by atoms with van der Waals surface area (Å²) in [4.78, 5) is 11.9. The number of benzene rings is 2. The Labute approximate surface area is 123 Å². The molecule has 2 rings (SSSR count). The van der Waals surface area contributed by atoms with Gasteiger partial charge in [-0.3, -0.25) is 0 Å². The van der Waals surface area contributed by atoms with E-state index in [4.69, 9.17) is 16.3 Å². The van der Waals surface area contributed by atoms with Gasteiger partial charge >= 0.3 is 5.97 Å². The molecule has 0 amide bonds. The lowest BCUT2D eigenvalue weighted by atomic mass is 10.0. The molecule has 102 valence electrons. The lowest BCUT2D eigenvalue weighted by Gasteiger charge is -2.06. The minimum Gasteiger partial charge on any atom is -0.466 e. The van der Waals surface area contributed by atoms with Crippen molar-refractivity contribution in [1.29, 1.82) is 0 Å². The van der Waals surface area contributed by atoms with E-state index in [0.29, 0.717) is 17.0 Å². The normalized spacial score (nSPS) is 11.2. The molecule has 0 aliphatic carbocycles. The quantitative estimate of drug-likeness (QED) is 0.624. The summed E-state index contributed by atoms with van der Waals surface area (Å²) in [6, 6.07) is 17.2. The van der Waals surface area contributed by atoms with Crippen molar-refractivity contribution in [2.45, 2.75) is 6.42 Å². The number of hydrogen-bond acceptors (Lipinski definition) is 2. The van der Waals surface area contributed by atoms with Gasteiger partial charge in [-0.1, -0.05) is 54.1 Å². The summed E-state index contributed by atoms with van der Waals surface area (Å²) >= 11 is 5.86. The van der Waals surface area contributed by atoms with Crippen LogP contribution in [0.15, 0.2) is 60.2 Å². The van der Waals surface area contributed by atoms with Crippen LogP contribution in [0.4, 0.5) is 0 Å². The Bertz CT molecular complexity index is 601. The fourth-order valence-corrected chi connectivity index (χ4v) is 2.02. The van der Waals surface area contributed by atoms with E-state index < -0.39 is 0 Å². The second-order valence-corrected chi connectivity index (χ2v) is 4.81. The summed E-state index contributed by atoms with van der Waals surface area (Å²) in [6.07, 6.45) is 2.37. The van der Waals surface area contributed by atoms with Crippen molar-refractivity contribution in [1.82, 2.24) is 0 Å². The SMILES string of the molecule is COC(=O)C(=Cc1ccc(Cl)cc1)Cc1ccccc1. The van der Waals surface area contributed by atoms with E-state index in [1.807, 2.05) is 48.5 Å². The maximum Gasteiger partial charge on any atom is 0.334 e. The fraction of sp³-hybridized carbons (Fsp3) is 0.118. The molecular formula is C17H15ClO2. The molecule has 3 heteroatoms. The molecule has 0 aromatic heterocycles. The van der Waals surface area contributed by atoms with Crippen LogP contribution in [-0.4, -0.2) is 13.1 Å². The van der Waals surface area contributed by atoms with Crippen molar-refractivity contribution in [2.24, 2.45) is 0 Å². The molecule has 0 aliphatic heterocycles. The van der Waals surface area contributed by atoms with E-state index in [1.165, 1.54) is 7.11 Å². The zero-order valence-electron chi connectivity index (χ0n) is 11.2. The first-order valence-corrected chi connectivity index (χ1v) is 6.65. The third-order valence-electron chi connectivity index (χ3n) is 2.90. The molecule has 0 radical (unpaired) electrons. The number of carbonyl (C=O) groups is 1. The van der Waals surface area contributed by atoms with Gasteiger partial charge < -0.3 is 4.74 Å². The van der Waals surface area contributed by atoms with Gasteiger partial charge in [-0.25, -0.2) is 4.79 Å². The Morgan fingerprint density at radius 3 is 2.35 bits per heavy atom. The highest BCUT2D eigenvalue weighted by molar-refractivity contribution is 6.30. The summed E-state index contributed by atoms with van der Waals surface area (Å²) in [5.74, 6) is -0.316. The van der Waals surface area contributed by atoms with Crippen LogP contribution in [0.3, 0.4) is 0 Å². The van der Waals surface area contributed by atoms with E-state index in [-0.39, 0.29) is 5.97 Å². The predicted octanol–water partition coefficient (Wildman–Crippen LogP) is 4.14. The molecule has 0 saturated heterocycles. The zero-order valence-corrected chi connectivity index (χ0v) is 11.9. The van der Waals surface area contributed by atoms with Crippen LogP contribution < -0.4 is 0 Å². The van der Waals surface area contributed by atoms with Gasteiger partial charge in [0.25, 0.3) is 0 Å². The standard InChI is InChI=1S/C17H15ClO2/c1-20-17(19)15(11-13-5-3-2-4-6-13)12-14-7-9-16(18)10-8-14/h2-10,12H,11H2,1H3. The van der Waals surface area contributed by atoms with E-state index in [0.717, 1.165) is 11.1 Å². The highest BCUT2D eigenvalue weighted by atomic mass is 35.5. The number of methoxy groups -OCH3 is 1. The van der Waals surface area contributed by atoms with Crippen molar-refractivity contribution in [3.63, 3.8) is 0 Å². The van der Waals surface area contributed by atoms with E-state index in [9.17, 15) is 4.79 Å². The second-order valence-electron chi connectivity index (χ2n) is 4.38. The molecule has 20 heavy (non-hydrogen) atoms.